The SMILES string of the molecule is Cc1cc(C)nc(NCCCC(=O)NCCCCCCO)n1. The first kappa shape index (κ1) is 18.4. The molecule has 1 amide bonds. The first-order chi connectivity index (χ1) is 10.6. The number of hydrogen-bond donors (Lipinski definition) is 3. The summed E-state index contributed by atoms with van der Waals surface area (Å²) in [6, 6.07) is 1.93. The van der Waals surface area contributed by atoms with Crippen LogP contribution in [0.15, 0.2) is 6.07 Å². The largest absolute Gasteiger partial charge is 0.396 e. The van der Waals surface area contributed by atoms with Crippen LogP contribution in [0.2, 0.25) is 0 Å². The fourth-order valence-corrected chi connectivity index (χ4v) is 2.16. The van der Waals surface area contributed by atoms with Gasteiger partial charge in [0.25, 0.3) is 0 Å². The molecule has 6 nitrogen and oxygen atoms in total. The Morgan fingerprint density at radius 2 is 1.73 bits per heavy atom. The predicted molar refractivity (Wildman–Crippen MR) is 87.8 cm³/mol. The highest BCUT2D eigenvalue weighted by Gasteiger charge is 2.02. The fraction of sp³-hybridized carbons (Fsp3) is 0.688. The zero-order valence-corrected chi connectivity index (χ0v) is 13.7. The molecule has 0 aliphatic carbocycles. The third kappa shape index (κ3) is 8.56. The highest BCUT2D eigenvalue weighted by molar-refractivity contribution is 5.75. The van der Waals surface area contributed by atoms with Gasteiger partial charge in [-0.25, -0.2) is 9.97 Å². The summed E-state index contributed by atoms with van der Waals surface area (Å²) in [6.45, 7) is 5.54. The van der Waals surface area contributed by atoms with E-state index in [9.17, 15) is 4.79 Å². The van der Waals surface area contributed by atoms with Crippen LogP contribution in [-0.2, 0) is 4.79 Å². The molecular weight excluding hydrogens is 280 g/mol. The molecule has 0 saturated carbocycles. The minimum Gasteiger partial charge on any atom is -0.396 e. The number of aryl methyl sites for hydroxylation is 2. The molecule has 0 bridgehead atoms. The number of carbonyl (C=O) groups excluding carboxylic acids is 1. The van der Waals surface area contributed by atoms with Crippen LogP contribution in [0.3, 0.4) is 0 Å². The summed E-state index contributed by atoms with van der Waals surface area (Å²) in [6.07, 6.45) is 5.15. The fourth-order valence-electron chi connectivity index (χ4n) is 2.16. The summed E-state index contributed by atoms with van der Waals surface area (Å²) in [5.74, 6) is 0.715. The molecule has 6 heteroatoms. The van der Waals surface area contributed by atoms with Gasteiger partial charge in [-0.3, -0.25) is 4.79 Å². The van der Waals surface area contributed by atoms with Gasteiger partial charge in [0.15, 0.2) is 0 Å². The van der Waals surface area contributed by atoms with Crippen molar-refractivity contribution in [1.82, 2.24) is 15.3 Å². The molecule has 1 aromatic rings. The quantitative estimate of drug-likeness (QED) is 0.544. The van der Waals surface area contributed by atoms with Crippen LogP contribution in [-0.4, -0.2) is 40.7 Å². The standard InChI is InChI=1S/C16H28N4O2/c1-13-12-14(2)20-16(19-13)18-10-7-8-15(22)17-9-5-3-4-6-11-21/h12,21H,3-11H2,1-2H3,(H,17,22)(H,18,19,20). The summed E-state index contributed by atoms with van der Waals surface area (Å²) in [5.41, 5.74) is 1.88. The first-order valence-corrected chi connectivity index (χ1v) is 8.05. The Morgan fingerprint density at radius 1 is 1.05 bits per heavy atom. The molecule has 22 heavy (non-hydrogen) atoms. The van der Waals surface area contributed by atoms with Crippen molar-refractivity contribution in [3.8, 4) is 0 Å². The second-order valence-corrected chi connectivity index (χ2v) is 5.49. The lowest BCUT2D eigenvalue weighted by atomic mass is 10.2. The lowest BCUT2D eigenvalue weighted by Crippen LogP contribution is -2.24. The summed E-state index contributed by atoms with van der Waals surface area (Å²) in [4.78, 5) is 20.2. The molecule has 0 saturated heterocycles. The van der Waals surface area contributed by atoms with E-state index >= 15 is 0 Å². The molecular formula is C16H28N4O2. The predicted octanol–water partition coefficient (Wildman–Crippen LogP) is 1.95. The number of unbranched alkanes of at least 4 members (excludes halogenated alkanes) is 3. The third-order valence-corrected chi connectivity index (χ3v) is 3.25. The maximum atomic E-state index is 11.6. The van der Waals surface area contributed by atoms with Crippen molar-refractivity contribution in [2.45, 2.75) is 52.4 Å². The van der Waals surface area contributed by atoms with Crippen LogP contribution < -0.4 is 10.6 Å². The Bertz CT molecular complexity index is 432. The Balaban J connectivity index is 2.05. The maximum absolute atomic E-state index is 11.6. The number of anilines is 1. The zero-order chi connectivity index (χ0) is 16.2. The highest BCUT2D eigenvalue weighted by atomic mass is 16.2. The number of aliphatic hydroxyl groups is 1. The number of amides is 1. The molecule has 0 spiro atoms. The molecule has 1 heterocycles. The topological polar surface area (TPSA) is 87.1 Å². The van der Waals surface area contributed by atoms with Gasteiger partial charge in [-0.15, -0.1) is 0 Å². The molecule has 1 rings (SSSR count). The minimum absolute atomic E-state index is 0.0882. The molecule has 0 aromatic carbocycles. The second-order valence-electron chi connectivity index (χ2n) is 5.49. The van der Waals surface area contributed by atoms with Crippen molar-refractivity contribution >= 4 is 11.9 Å². The Kier molecular flexibility index (Phi) is 9.14. The number of nitrogens with zero attached hydrogens (tertiary/aromatic N) is 2. The summed E-state index contributed by atoms with van der Waals surface area (Å²) >= 11 is 0. The van der Waals surface area contributed by atoms with Gasteiger partial charge >= 0.3 is 0 Å². The Hall–Kier alpha value is -1.69. The zero-order valence-electron chi connectivity index (χ0n) is 13.7. The van der Waals surface area contributed by atoms with Crippen LogP contribution in [0, 0.1) is 13.8 Å². The van der Waals surface area contributed by atoms with Crippen LogP contribution in [0.5, 0.6) is 0 Å². The maximum Gasteiger partial charge on any atom is 0.223 e. The average Bonchev–Trinajstić information content (AvgIpc) is 2.46. The van der Waals surface area contributed by atoms with Gasteiger partial charge in [0.2, 0.25) is 11.9 Å². The Labute approximate surface area is 132 Å². The number of carbonyl (C=O) groups is 1. The molecule has 0 radical (unpaired) electrons. The lowest BCUT2D eigenvalue weighted by Gasteiger charge is -2.07. The molecule has 124 valence electrons. The van der Waals surface area contributed by atoms with Crippen LogP contribution in [0.1, 0.15) is 49.9 Å². The van der Waals surface area contributed by atoms with Crippen molar-refractivity contribution in [2.24, 2.45) is 0 Å². The van der Waals surface area contributed by atoms with E-state index in [0.717, 1.165) is 50.0 Å². The molecule has 0 atom stereocenters. The van der Waals surface area contributed by atoms with Crippen molar-refractivity contribution in [2.75, 3.05) is 25.0 Å². The van der Waals surface area contributed by atoms with Crippen LogP contribution in [0.4, 0.5) is 5.95 Å². The normalized spacial score (nSPS) is 10.5. The average molecular weight is 308 g/mol. The van der Waals surface area contributed by atoms with Crippen LogP contribution >= 0.6 is 0 Å². The third-order valence-electron chi connectivity index (χ3n) is 3.25. The lowest BCUT2D eigenvalue weighted by molar-refractivity contribution is -0.121. The first-order valence-electron chi connectivity index (χ1n) is 8.05. The van der Waals surface area contributed by atoms with Crippen molar-refractivity contribution in [3.63, 3.8) is 0 Å². The van der Waals surface area contributed by atoms with Gasteiger partial charge in [0.1, 0.15) is 0 Å². The molecule has 1 aromatic heterocycles. The molecule has 3 N–H and O–H groups in total. The summed E-state index contributed by atoms with van der Waals surface area (Å²) in [7, 11) is 0. The van der Waals surface area contributed by atoms with Gasteiger partial charge in [0.05, 0.1) is 0 Å². The van der Waals surface area contributed by atoms with Crippen molar-refractivity contribution in [3.05, 3.63) is 17.5 Å². The van der Waals surface area contributed by atoms with E-state index in [1.54, 1.807) is 0 Å². The summed E-state index contributed by atoms with van der Waals surface area (Å²) < 4.78 is 0. The van der Waals surface area contributed by atoms with Gasteiger partial charge in [0, 0.05) is 37.5 Å². The van der Waals surface area contributed by atoms with E-state index in [4.69, 9.17) is 5.11 Å². The van der Waals surface area contributed by atoms with E-state index in [-0.39, 0.29) is 12.5 Å². The van der Waals surface area contributed by atoms with Crippen molar-refractivity contribution < 1.29 is 9.90 Å². The van der Waals surface area contributed by atoms with E-state index in [2.05, 4.69) is 20.6 Å². The number of aromatic nitrogens is 2. The van der Waals surface area contributed by atoms with E-state index in [1.807, 2.05) is 19.9 Å². The van der Waals surface area contributed by atoms with Gasteiger partial charge in [-0.2, -0.15) is 0 Å². The molecule has 0 fully saturated rings. The number of nitrogens with one attached hydrogen (secondary N) is 2. The second kappa shape index (κ2) is 11.0. The van der Waals surface area contributed by atoms with Gasteiger partial charge in [-0.05, 0) is 39.2 Å². The van der Waals surface area contributed by atoms with Crippen molar-refractivity contribution in [1.29, 1.82) is 0 Å². The molecule has 0 aliphatic rings. The number of aliphatic hydroxyl groups excluding tert-OH is 1. The Morgan fingerprint density at radius 3 is 2.41 bits per heavy atom. The number of rotatable bonds is 11. The van der Waals surface area contributed by atoms with E-state index in [0.29, 0.717) is 18.9 Å². The number of hydrogen-bond acceptors (Lipinski definition) is 5. The highest BCUT2D eigenvalue weighted by Crippen LogP contribution is 2.04. The smallest absolute Gasteiger partial charge is 0.223 e. The van der Waals surface area contributed by atoms with Gasteiger partial charge in [-0.1, -0.05) is 12.8 Å². The monoisotopic (exact) mass is 308 g/mol. The summed E-state index contributed by atoms with van der Waals surface area (Å²) in [5, 5.41) is 14.7. The van der Waals surface area contributed by atoms with E-state index < -0.39 is 0 Å². The van der Waals surface area contributed by atoms with E-state index in [1.165, 1.54) is 0 Å². The minimum atomic E-state index is 0.0882. The van der Waals surface area contributed by atoms with Crippen LogP contribution in [0.25, 0.3) is 0 Å². The molecule has 0 aliphatic heterocycles. The van der Waals surface area contributed by atoms with Gasteiger partial charge < -0.3 is 15.7 Å². The molecule has 0 unspecified atom stereocenters.